The Morgan fingerprint density at radius 2 is 1.72 bits per heavy atom. The number of sulfonamides is 1. The molecule has 1 heterocycles. The van der Waals surface area contributed by atoms with Gasteiger partial charge in [-0.05, 0) is 36.4 Å². The molecule has 0 bridgehead atoms. The molecule has 128 valence electrons. The molecule has 1 amide bonds. The van der Waals surface area contributed by atoms with Gasteiger partial charge in [0.2, 0.25) is 10.0 Å². The molecule has 3 rings (SSSR count). The van der Waals surface area contributed by atoms with Crippen molar-refractivity contribution in [3.63, 3.8) is 0 Å². The highest BCUT2D eigenvalue weighted by Crippen LogP contribution is 2.19. The smallest absolute Gasteiger partial charge is 0.289 e. The summed E-state index contributed by atoms with van der Waals surface area (Å²) in [6.07, 6.45) is 0. The van der Waals surface area contributed by atoms with E-state index < -0.39 is 10.0 Å². The summed E-state index contributed by atoms with van der Waals surface area (Å²) in [6.45, 7) is 3.78. The van der Waals surface area contributed by atoms with Gasteiger partial charge in [-0.3, -0.25) is 15.6 Å². The first kappa shape index (κ1) is 16.7. The first-order valence-corrected chi connectivity index (χ1v) is 8.73. The second kappa shape index (κ2) is 6.38. The number of hydrogen-bond acceptors (Lipinski definition) is 6. The Morgan fingerprint density at radius 1 is 1.08 bits per heavy atom. The summed E-state index contributed by atoms with van der Waals surface area (Å²) in [6, 6.07) is 14.7. The van der Waals surface area contributed by atoms with Crippen molar-refractivity contribution in [2.75, 3.05) is 10.4 Å². The fraction of sp³-hybridized carbons (Fsp3) is 0. The molecule has 0 unspecified atom stereocenters. The van der Waals surface area contributed by atoms with Gasteiger partial charge in [0.25, 0.3) is 5.91 Å². The largest absolute Gasteiger partial charge is 0.299 e. The number of amides is 1. The van der Waals surface area contributed by atoms with Crippen LogP contribution in [0.15, 0.2) is 76.9 Å². The number of nitrogens with zero attached hydrogens (tertiary/aromatic N) is 2. The van der Waals surface area contributed by atoms with Gasteiger partial charge in [-0.15, -0.1) is 0 Å². The van der Waals surface area contributed by atoms with Crippen molar-refractivity contribution in [3.05, 3.63) is 66.9 Å². The van der Waals surface area contributed by atoms with Crippen molar-refractivity contribution in [1.29, 1.82) is 0 Å². The molecule has 2 aromatic carbocycles. The number of hydrazone groups is 1. The number of carbonyl (C=O) groups is 1. The molecule has 0 aromatic heterocycles. The maximum Gasteiger partial charge on any atom is 0.299 e. The third-order valence-corrected chi connectivity index (χ3v) is 4.36. The lowest BCUT2D eigenvalue weighted by atomic mass is 10.3. The minimum atomic E-state index is -3.75. The van der Waals surface area contributed by atoms with Crippen LogP contribution in [0.3, 0.4) is 0 Å². The highest BCUT2D eigenvalue weighted by Gasteiger charge is 2.32. The summed E-state index contributed by atoms with van der Waals surface area (Å²) >= 11 is 0. The van der Waals surface area contributed by atoms with Crippen molar-refractivity contribution in [3.8, 4) is 0 Å². The van der Waals surface area contributed by atoms with E-state index in [-0.39, 0.29) is 16.5 Å². The number of rotatable bonds is 4. The number of primary sulfonamides is 1. The fourth-order valence-electron chi connectivity index (χ4n) is 2.19. The topological polar surface area (TPSA) is 117 Å². The van der Waals surface area contributed by atoms with E-state index in [4.69, 9.17) is 5.14 Å². The molecule has 1 aliphatic rings. The summed E-state index contributed by atoms with van der Waals surface area (Å²) in [5.74, 6) is -0.357. The molecule has 1 aliphatic heterocycles. The lowest BCUT2D eigenvalue weighted by Gasteiger charge is -2.14. The van der Waals surface area contributed by atoms with Crippen molar-refractivity contribution in [2.45, 2.75) is 4.90 Å². The first-order chi connectivity index (χ1) is 11.9. The zero-order valence-electron chi connectivity index (χ0n) is 13.0. The van der Waals surface area contributed by atoms with Crippen LogP contribution in [0.2, 0.25) is 0 Å². The lowest BCUT2D eigenvalue weighted by molar-refractivity contribution is -0.112. The molecule has 4 N–H and O–H groups in total. The van der Waals surface area contributed by atoms with Crippen molar-refractivity contribution < 1.29 is 13.2 Å². The number of benzene rings is 2. The Kier molecular flexibility index (Phi) is 4.26. The Labute approximate surface area is 144 Å². The van der Waals surface area contributed by atoms with Crippen LogP contribution in [0.1, 0.15) is 0 Å². The van der Waals surface area contributed by atoms with Crippen molar-refractivity contribution >= 4 is 33.0 Å². The molecule has 0 spiro atoms. The van der Waals surface area contributed by atoms with Gasteiger partial charge in [-0.25, -0.2) is 18.6 Å². The maximum atomic E-state index is 12.5. The number of carbonyl (C=O) groups excluding carboxylic acids is 1. The number of nitrogens with two attached hydrogens (primary N) is 1. The summed E-state index contributed by atoms with van der Waals surface area (Å²) in [5, 5.41) is 10.4. The third kappa shape index (κ3) is 3.52. The predicted octanol–water partition coefficient (Wildman–Crippen LogP) is 1.17. The maximum absolute atomic E-state index is 12.5. The normalized spacial score (nSPS) is 16.2. The fourth-order valence-corrected chi connectivity index (χ4v) is 2.70. The molecule has 0 radical (unpaired) electrons. The summed E-state index contributed by atoms with van der Waals surface area (Å²) in [7, 11) is -3.75. The number of para-hydroxylation sites is 1. The highest BCUT2D eigenvalue weighted by molar-refractivity contribution is 7.89. The van der Waals surface area contributed by atoms with E-state index in [9.17, 15) is 13.2 Å². The first-order valence-electron chi connectivity index (χ1n) is 7.18. The van der Waals surface area contributed by atoms with Gasteiger partial charge in [-0.2, -0.15) is 5.10 Å². The van der Waals surface area contributed by atoms with Gasteiger partial charge in [0.1, 0.15) is 0 Å². The van der Waals surface area contributed by atoms with E-state index in [1.54, 1.807) is 12.1 Å². The minimum Gasteiger partial charge on any atom is -0.289 e. The SMILES string of the molecule is C=C1NN(c2ccccc2)C(=O)/C1=N/Nc1ccc(S(N)(=O)=O)cc1. The number of hydrazine groups is 1. The average molecular weight is 357 g/mol. The van der Waals surface area contributed by atoms with Gasteiger partial charge >= 0.3 is 0 Å². The zero-order valence-corrected chi connectivity index (χ0v) is 13.8. The molecule has 0 saturated carbocycles. The van der Waals surface area contributed by atoms with Gasteiger partial charge < -0.3 is 0 Å². The molecule has 25 heavy (non-hydrogen) atoms. The molecule has 2 aromatic rings. The standard InChI is InChI=1S/C16H15N5O3S/c1-11-15(16(22)21(20-11)13-5-3-2-4-6-13)19-18-12-7-9-14(10-8-12)25(17,23)24/h2-10,18,20H,1H2,(H2,17,23,24)/b19-15+. The second-order valence-corrected chi connectivity index (χ2v) is 6.77. The minimum absolute atomic E-state index is 0.0102. The average Bonchev–Trinajstić information content (AvgIpc) is 2.88. The van der Waals surface area contributed by atoms with Crippen LogP contribution < -0.4 is 21.0 Å². The molecule has 1 fully saturated rings. The van der Waals surface area contributed by atoms with E-state index in [0.717, 1.165) is 0 Å². The Balaban J connectivity index is 1.77. The van der Waals surface area contributed by atoms with Gasteiger partial charge in [0.15, 0.2) is 5.71 Å². The van der Waals surface area contributed by atoms with Crippen LogP contribution in [0, 0.1) is 0 Å². The van der Waals surface area contributed by atoms with Crippen molar-refractivity contribution in [2.24, 2.45) is 10.2 Å². The summed E-state index contributed by atoms with van der Waals surface area (Å²) in [4.78, 5) is 12.4. The Hall–Kier alpha value is -3.17. The molecule has 9 heteroatoms. The van der Waals surface area contributed by atoms with Gasteiger partial charge in [-0.1, -0.05) is 24.8 Å². The van der Waals surface area contributed by atoms with Crippen molar-refractivity contribution in [1.82, 2.24) is 5.43 Å². The summed E-state index contributed by atoms with van der Waals surface area (Å²) < 4.78 is 22.5. The molecule has 8 nitrogen and oxygen atoms in total. The van der Waals surface area contributed by atoms with Gasteiger partial charge in [0, 0.05) is 0 Å². The predicted molar refractivity (Wildman–Crippen MR) is 95.1 cm³/mol. The molecular weight excluding hydrogens is 342 g/mol. The van der Waals surface area contributed by atoms with Crippen LogP contribution in [-0.2, 0) is 14.8 Å². The van der Waals surface area contributed by atoms with Crippen LogP contribution in [0.4, 0.5) is 11.4 Å². The molecule has 0 aliphatic carbocycles. The molecule has 1 saturated heterocycles. The monoisotopic (exact) mass is 357 g/mol. The highest BCUT2D eigenvalue weighted by atomic mass is 32.2. The van der Waals surface area contributed by atoms with E-state index in [1.165, 1.54) is 29.3 Å². The zero-order chi connectivity index (χ0) is 18.0. The van der Waals surface area contributed by atoms with E-state index in [0.29, 0.717) is 17.1 Å². The van der Waals surface area contributed by atoms with Crippen LogP contribution in [-0.4, -0.2) is 20.0 Å². The Bertz CT molecular complexity index is 953. The van der Waals surface area contributed by atoms with E-state index in [1.807, 2.05) is 18.2 Å². The van der Waals surface area contributed by atoms with E-state index >= 15 is 0 Å². The lowest BCUT2D eigenvalue weighted by Crippen LogP contribution is -2.34. The third-order valence-electron chi connectivity index (χ3n) is 3.43. The number of nitrogens with one attached hydrogen (secondary N) is 2. The van der Waals surface area contributed by atoms with Gasteiger partial charge in [0.05, 0.1) is 22.0 Å². The molecule has 0 atom stereocenters. The summed E-state index contributed by atoms with van der Waals surface area (Å²) in [5.41, 5.74) is 7.20. The van der Waals surface area contributed by atoms with Crippen LogP contribution in [0.25, 0.3) is 0 Å². The number of anilines is 2. The number of hydrogen-bond donors (Lipinski definition) is 3. The molecular formula is C16H15N5O3S. The quantitative estimate of drug-likeness (QED) is 0.710. The van der Waals surface area contributed by atoms with Crippen LogP contribution >= 0.6 is 0 Å². The second-order valence-electron chi connectivity index (χ2n) is 5.21. The van der Waals surface area contributed by atoms with E-state index in [2.05, 4.69) is 22.5 Å². The van der Waals surface area contributed by atoms with Crippen LogP contribution in [0.5, 0.6) is 0 Å². The Morgan fingerprint density at radius 3 is 2.32 bits per heavy atom.